The number of nitrogens with one attached hydrogen (secondary N) is 2. The first-order chi connectivity index (χ1) is 22.3. The Kier molecular flexibility index (Phi) is 11.4. The van der Waals surface area contributed by atoms with E-state index >= 15 is 0 Å². The summed E-state index contributed by atoms with van der Waals surface area (Å²) >= 11 is 6.63. The van der Waals surface area contributed by atoms with Gasteiger partial charge >= 0.3 is 0 Å². The van der Waals surface area contributed by atoms with Crippen molar-refractivity contribution in [2.45, 2.75) is 64.6 Å². The Balaban J connectivity index is 1.32. The van der Waals surface area contributed by atoms with E-state index in [4.69, 9.17) is 21.1 Å². The molecule has 0 saturated heterocycles. The summed E-state index contributed by atoms with van der Waals surface area (Å²) in [4.78, 5) is 28.1. The SMILES string of the molecule is CNC(=O)CCc1ccc(Cl)c(CN(C(=O)C2=C(c3ccc(OCCOc4c(C)cccc4C)cc3)CCN[C@@H]2CO)C2CC2)c1. The van der Waals surface area contributed by atoms with Crippen LogP contribution in [0.1, 0.15) is 53.5 Å². The Bertz CT molecular complexity index is 1550. The van der Waals surface area contributed by atoms with Crippen LogP contribution in [0.15, 0.2) is 66.2 Å². The van der Waals surface area contributed by atoms with E-state index in [1.807, 2.05) is 79.4 Å². The predicted molar refractivity (Wildman–Crippen MR) is 181 cm³/mol. The van der Waals surface area contributed by atoms with E-state index in [0.717, 1.165) is 57.7 Å². The van der Waals surface area contributed by atoms with Crippen molar-refractivity contribution in [1.82, 2.24) is 15.5 Å². The molecule has 1 aliphatic carbocycles. The van der Waals surface area contributed by atoms with Gasteiger partial charge in [0.15, 0.2) is 0 Å². The Labute approximate surface area is 276 Å². The fraction of sp³-hybridized carbons (Fsp3) is 0.405. The molecule has 5 rings (SSSR count). The second-order valence-corrected chi connectivity index (χ2v) is 12.4. The first-order valence-corrected chi connectivity index (χ1v) is 16.4. The van der Waals surface area contributed by atoms with Gasteiger partial charge in [-0.05, 0) is 97.7 Å². The molecule has 0 spiro atoms. The Morgan fingerprint density at radius 1 is 1.02 bits per heavy atom. The molecule has 1 saturated carbocycles. The number of benzene rings is 3. The molecule has 1 heterocycles. The van der Waals surface area contributed by atoms with Crippen LogP contribution < -0.4 is 20.1 Å². The van der Waals surface area contributed by atoms with Gasteiger partial charge in [0.2, 0.25) is 5.91 Å². The highest BCUT2D eigenvalue weighted by atomic mass is 35.5. The van der Waals surface area contributed by atoms with Crippen LogP contribution in [0.25, 0.3) is 5.57 Å². The Morgan fingerprint density at radius 2 is 1.74 bits per heavy atom. The number of para-hydroxylation sites is 1. The van der Waals surface area contributed by atoms with E-state index in [9.17, 15) is 14.7 Å². The normalized spacial score (nSPS) is 16.2. The van der Waals surface area contributed by atoms with Gasteiger partial charge in [-0.3, -0.25) is 9.59 Å². The molecule has 46 heavy (non-hydrogen) atoms. The lowest BCUT2D eigenvalue weighted by molar-refractivity contribution is -0.128. The van der Waals surface area contributed by atoms with Crippen LogP contribution in [0.5, 0.6) is 11.5 Å². The molecular weight excluding hydrogens is 602 g/mol. The number of aryl methyl sites for hydroxylation is 3. The van der Waals surface area contributed by atoms with Crippen molar-refractivity contribution >= 4 is 29.0 Å². The monoisotopic (exact) mass is 645 g/mol. The first kappa shape index (κ1) is 33.5. The van der Waals surface area contributed by atoms with Crippen molar-refractivity contribution in [1.29, 1.82) is 0 Å². The minimum atomic E-state index is -0.468. The van der Waals surface area contributed by atoms with Gasteiger partial charge in [0, 0.05) is 36.7 Å². The van der Waals surface area contributed by atoms with E-state index in [-0.39, 0.29) is 24.5 Å². The predicted octanol–water partition coefficient (Wildman–Crippen LogP) is 5.39. The van der Waals surface area contributed by atoms with E-state index in [1.54, 1.807) is 7.05 Å². The molecule has 0 unspecified atom stereocenters. The third-order valence-corrected chi connectivity index (χ3v) is 9.05. The van der Waals surface area contributed by atoms with Crippen molar-refractivity contribution in [2.24, 2.45) is 0 Å². The average molecular weight is 646 g/mol. The van der Waals surface area contributed by atoms with Crippen LogP contribution in [0, 0.1) is 13.8 Å². The number of rotatable bonds is 14. The van der Waals surface area contributed by atoms with Gasteiger partial charge in [0.1, 0.15) is 24.7 Å². The van der Waals surface area contributed by atoms with Crippen LogP contribution in [0.2, 0.25) is 5.02 Å². The topological polar surface area (TPSA) is 100 Å². The maximum Gasteiger partial charge on any atom is 0.252 e. The number of aliphatic hydroxyl groups is 1. The second kappa shape index (κ2) is 15.6. The molecule has 0 bridgehead atoms. The minimum Gasteiger partial charge on any atom is -0.490 e. The summed E-state index contributed by atoms with van der Waals surface area (Å²) in [5.41, 5.74) is 6.52. The third kappa shape index (κ3) is 8.29. The zero-order valence-electron chi connectivity index (χ0n) is 26.9. The molecule has 2 amide bonds. The molecule has 8 nitrogen and oxygen atoms in total. The summed E-state index contributed by atoms with van der Waals surface area (Å²) in [7, 11) is 1.63. The lowest BCUT2D eigenvalue weighted by Gasteiger charge is -2.33. The highest BCUT2D eigenvalue weighted by Crippen LogP contribution is 2.36. The van der Waals surface area contributed by atoms with Gasteiger partial charge in [0.05, 0.1) is 12.6 Å². The van der Waals surface area contributed by atoms with E-state index in [2.05, 4.69) is 10.6 Å². The Hall–Kier alpha value is -3.85. The van der Waals surface area contributed by atoms with Gasteiger partial charge in [-0.15, -0.1) is 0 Å². The lowest BCUT2D eigenvalue weighted by Crippen LogP contribution is -2.46. The van der Waals surface area contributed by atoms with E-state index in [0.29, 0.717) is 56.2 Å². The number of carbonyl (C=O) groups excluding carboxylic acids is 2. The van der Waals surface area contributed by atoms with Gasteiger partial charge in [0.25, 0.3) is 5.91 Å². The highest BCUT2D eigenvalue weighted by Gasteiger charge is 2.38. The van der Waals surface area contributed by atoms with Crippen molar-refractivity contribution in [3.63, 3.8) is 0 Å². The van der Waals surface area contributed by atoms with Crippen LogP contribution in [-0.2, 0) is 22.6 Å². The standard InChI is InChI=1S/C37H44ClN3O5/c1-24-5-4-6-25(2)36(24)46-20-19-45-30-13-9-27(10-14-30)31-17-18-40-33(23-42)35(31)37(44)41(29-11-12-29)22-28-21-26(7-15-32(28)38)8-16-34(43)39-3/h4-7,9-10,13-15,21,29,33,40,42H,8,11-12,16-20,22-23H2,1-3H3,(H,39,43)/t33-/m1/s1. The summed E-state index contributed by atoms with van der Waals surface area (Å²) in [6, 6.07) is 19.3. The van der Waals surface area contributed by atoms with Gasteiger partial charge < -0.3 is 30.1 Å². The largest absolute Gasteiger partial charge is 0.490 e. The maximum absolute atomic E-state index is 14.4. The number of halogens is 1. The van der Waals surface area contributed by atoms with Gasteiger partial charge in [-0.25, -0.2) is 0 Å². The molecule has 1 fully saturated rings. The fourth-order valence-electron chi connectivity index (χ4n) is 6.01. The van der Waals surface area contributed by atoms with Crippen molar-refractivity contribution in [3.05, 3.63) is 99.1 Å². The molecule has 0 aromatic heterocycles. The van der Waals surface area contributed by atoms with E-state index < -0.39 is 6.04 Å². The van der Waals surface area contributed by atoms with Crippen LogP contribution in [0.4, 0.5) is 0 Å². The molecule has 3 N–H and O–H groups in total. The number of hydrogen-bond acceptors (Lipinski definition) is 6. The molecule has 1 aliphatic heterocycles. The minimum absolute atomic E-state index is 0.0209. The van der Waals surface area contributed by atoms with Crippen molar-refractivity contribution in [2.75, 3.05) is 33.4 Å². The molecule has 0 radical (unpaired) electrons. The maximum atomic E-state index is 14.4. The van der Waals surface area contributed by atoms with Crippen LogP contribution >= 0.6 is 11.6 Å². The van der Waals surface area contributed by atoms with Gasteiger partial charge in [-0.2, -0.15) is 0 Å². The summed E-state index contributed by atoms with van der Waals surface area (Å²) in [5.74, 6) is 1.51. The number of hydrogen-bond donors (Lipinski definition) is 3. The average Bonchev–Trinajstić information content (AvgIpc) is 3.91. The quantitative estimate of drug-likeness (QED) is 0.203. The summed E-state index contributed by atoms with van der Waals surface area (Å²) in [6.45, 7) is 5.75. The van der Waals surface area contributed by atoms with Crippen LogP contribution in [0.3, 0.4) is 0 Å². The lowest BCUT2D eigenvalue weighted by atomic mass is 9.88. The summed E-state index contributed by atoms with van der Waals surface area (Å²) in [5, 5.41) is 16.9. The zero-order valence-corrected chi connectivity index (χ0v) is 27.7. The molecule has 3 aromatic rings. The molecule has 9 heteroatoms. The molecule has 3 aromatic carbocycles. The van der Waals surface area contributed by atoms with Gasteiger partial charge in [-0.1, -0.05) is 54.1 Å². The zero-order chi connectivity index (χ0) is 32.6. The van der Waals surface area contributed by atoms with Crippen LogP contribution in [-0.4, -0.2) is 67.3 Å². The van der Waals surface area contributed by atoms with Crippen molar-refractivity contribution in [3.8, 4) is 11.5 Å². The molecular formula is C37H44ClN3O5. The smallest absolute Gasteiger partial charge is 0.252 e. The number of ether oxygens (including phenoxy) is 2. The number of carbonyl (C=O) groups is 2. The third-order valence-electron chi connectivity index (χ3n) is 8.68. The summed E-state index contributed by atoms with van der Waals surface area (Å²) in [6.07, 6.45) is 3.49. The first-order valence-electron chi connectivity index (χ1n) is 16.1. The van der Waals surface area contributed by atoms with E-state index in [1.165, 1.54) is 0 Å². The number of aliphatic hydroxyl groups excluding tert-OH is 1. The number of amides is 2. The Morgan fingerprint density at radius 3 is 2.41 bits per heavy atom. The van der Waals surface area contributed by atoms with Crippen molar-refractivity contribution < 1.29 is 24.2 Å². The molecule has 1 atom stereocenters. The fourth-order valence-corrected chi connectivity index (χ4v) is 6.19. The molecule has 244 valence electrons. The second-order valence-electron chi connectivity index (χ2n) is 12.0. The summed E-state index contributed by atoms with van der Waals surface area (Å²) < 4.78 is 11.9. The highest BCUT2D eigenvalue weighted by molar-refractivity contribution is 6.31. The molecule has 2 aliphatic rings. The number of nitrogens with zero attached hydrogens (tertiary/aromatic N) is 1.